The van der Waals surface area contributed by atoms with Gasteiger partial charge in [-0.05, 0) is 19.3 Å². The predicted octanol–water partition coefficient (Wildman–Crippen LogP) is -3.93. The molecule has 0 saturated heterocycles. The molecule has 13 N–H and O–H groups in total. The lowest BCUT2D eigenvalue weighted by Crippen LogP contribution is -2.57. The normalized spacial score (nSPS) is 13.9. The van der Waals surface area contributed by atoms with E-state index < -0.39 is 53.8 Å². The van der Waals surface area contributed by atoms with Gasteiger partial charge in [0.1, 0.15) is 18.1 Å². The number of primary amides is 1. The summed E-state index contributed by atoms with van der Waals surface area (Å²) in [5.74, 6) is -4.47. The average Bonchev–Trinajstić information content (AvgIpc) is 3.35. The molecule has 0 bridgehead atoms. The minimum Gasteiger partial charge on any atom is -0.480 e. The number of nitrogens with one attached hydrogen (secondary N) is 4. The molecule has 0 spiro atoms. The molecule has 0 fully saturated rings. The van der Waals surface area contributed by atoms with E-state index in [4.69, 9.17) is 22.9 Å². The molecule has 1 rings (SSSR count). The number of aromatic amines is 1. The molecular weight excluding hydrogens is 508 g/mol. The molecule has 0 aliphatic carbocycles. The summed E-state index contributed by atoms with van der Waals surface area (Å²) in [6.45, 7) is 0.167. The molecule has 0 aromatic carbocycles. The SMILES string of the molecule is NC(=O)CCC(NC(=O)C(CCCN=C(N)N)NC(=O)C(N)CS)C(=O)NC(Cc1cnc[nH]1)C(=O)O. The Morgan fingerprint density at radius 3 is 2.11 bits per heavy atom. The third kappa shape index (κ3) is 12.1. The molecule has 4 unspecified atom stereocenters. The Morgan fingerprint density at radius 2 is 1.59 bits per heavy atom. The first-order valence-electron chi connectivity index (χ1n) is 11.3. The van der Waals surface area contributed by atoms with E-state index in [-0.39, 0.29) is 50.4 Å². The molecule has 1 heterocycles. The summed E-state index contributed by atoms with van der Waals surface area (Å²) in [7, 11) is 0. The predicted molar refractivity (Wildman–Crippen MR) is 136 cm³/mol. The fourth-order valence-electron chi connectivity index (χ4n) is 3.05. The Morgan fingerprint density at radius 1 is 1.00 bits per heavy atom. The molecule has 1 aromatic rings. The van der Waals surface area contributed by atoms with Gasteiger partial charge in [0.25, 0.3) is 0 Å². The number of carboxylic acids is 1. The zero-order valence-electron chi connectivity index (χ0n) is 20.1. The average molecular weight is 543 g/mol. The highest BCUT2D eigenvalue weighted by Crippen LogP contribution is 2.06. The zero-order valence-corrected chi connectivity index (χ0v) is 20.9. The van der Waals surface area contributed by atoms with Crippen LogP contribution in [-0.2, 0) is 30.4 Å². The molecule has 4 atom stereocenters. The summed E-state index contributed by atoms with van der Waals surface area (Å²) in [4.78, 5) is 71.7. The molecule has 16 nitrogen and oxygen atoms in total. The summed E-state index contributed by atoms with van der Waals surface area (Å²) < 4.78 is 0. The monoisotopic (exact) mass is 542 g/mol. The Labute approximate surface area is 218 Å². The number of carbonyl (C=O) groups excluding carboxylic acids is 4. The molecule has 0 aliphatic heterocycles. The smallest absolute Gasteiger partial charge is 0.326 e. The van der Waals surface area contributed by atoms with Gasteiger partial charge in [-0.15, -0.1) is 0 Å². The van der Waals surface area contributed by atoms with E-state index in [2.05, 4.69) is 43.5 Å². The van der Waals surface area contributed by atoms with E-state index in [1.54, 1.807) is 0 Å². The fraction of sp³-hybridized carbons (Fsp3) is 0.550. The van der Waals surface area contributed by atoms with Crippen molar-refractivity contribution in [3.8, 4) is 0 Å². The van der Waals surface area contributed by atoms with Crippen LogP contribution in [0.5, 0.6) is 0 Å². The molecule has 0 saturated carbocycles. The lowest BCUT2D eigenvalue weighted by molar-refractivity contribution is -0.142. The second-order valence-electron chi connectivity index (χ2n) is 8.05. The van der Waals surface area contributed by atoms with Crippen LogP contribution in [0.2, 0.25) is 0 Å². The van der Waals surface area contributed by atoms with Gasteiger partial charge >= 0.3 is 5.97 Å². The summed E-state index contributed by atoms with van der Waals surface area (Å²) >= 11 is 3.96. The number of nitrogens with zero attached hydrogens (tertiary/aromatic N) is 2. The lowest BCUT2D eigenvalue weighted by atomic mass is 10.1. The molecular formula is C20H34N10O6S. The largest absolute Gasteiger partial charge is 0.480 e. The number of rotatable bonds is 17. The van der Waals surface area contributed by atoms with Gasteiger partial charge in [0.2, 0.25) is 23.6 Å². The molecule has 1 aromatic heterocycles. The van der Waals surface area contributed by atoms with Crippen LogP contribution in [0.3, 0.4) is 0 Å². The third-order valence-corrected chi connectivity index (χ3v) is 5.41. The van der Waals surface area contributed by atoms with Crippen LogP contribution >= 0.6 is 12.6 Å². The Hall–Kier alpha value is -3.86. The van der Waals surface area contributed by atoms with Crippen molar-refractivity contribution in [3.63, 3.8) is 0 Å². The highest BCUT2D eigenvalue weighted by molar-refractivity contribution is 7.80. The van der Waals surface area contributed by atoms with Crippen LogP contribution in [0.25, 0.3) is 0 Å². The van der Waals surface area contributed by atoms with Gasteiger partial charge in [-0.2, -0.15) is 12.6 Å². The van der Waals surface area contributed by atoms with Crippen LogP contribution < -0.4 is 38.9 Å². The van der Waals surface area contributed by atoms with E-state index in [9.17, 15) is 29.1 Å². The van der Waals surface area contributed by atoms with Gasteiger partial charge in [0.05, 0.1) is 12.4 Å². The molecule has 0 aliphatic rings. The van der Waals surface area contributed by atoms with Gasteiger partial charge in [-0.25, -0.2) is 9.78 Å². The molecule has 4 amide bonds. The van der Waals surface area contributed by atoms with Crippen molar-refractivity contribution in [2.45, 2.75) is 56.3 Å². The first-order valence-corrected chi connectivity index (χ1v) is 11.9. The minimum atomic E-state index is -1.36. The first kappa shape index (κ1) is 31.2. The van der Waals surface area contributed by atoms with Gasteiger partial charge in [0.15, 0.2) is 5.96 Å². The second kappa shape index (κ2) is 16.0. The number of thiol groups is 1. The number of aromatic nitrogens is 2. The molecule has 37 heavy (non-hydrogen) atoms. The number of carbonyl (C=O) groups is 5. The van der Waals surface area contributed by atoms with Gasteiger partial charge in [-0.3, -0.25) is 24.2 Å². The van der Waals surface area contributed by atoms with Crippen molar-refractivity contribution in [1.29, 1.82) is 0 Å². The Balaban J connectivity index is 3.02. The van der Waals surface area contributed by atoms with Crippen molar-refractivity contribution in [2.24, 2.45) is 27.9 Å². The number of hydrogen-bond donors (Lipinski definition) is 10. The van der Waals surface area contributed by atoms with Gasteiger partial charge in [0, 0.05) is 37.0 Å². The summed E-state index contributed by atoms with van der Waals surface area (Å²) in [6, 6.07) is -4.83. The maximum absolute atomic E-state index is 13.1. The van der Waals surface area contributed by atoms with Crippen LogP contribution in [0.4, 0.5) is 0 Å². The number of carboxylic acid groups (broad SMARTS) is 1. The first-order chi connectivity index (χ1) is 17.4. The standard InChI is InChI=1S/C20H34N10O6S/c21-11(8-37)16(32)28-12(2-1-5-26-20(23)24)17(33)29-13(3-4-15(22)31)18(34)30-14(19(35)36)6-10-7-25-9-27-10/h7,9,11-14,37H,1-6,8,21H2,(H2,22,31)(H,25,27)(H,28,32)(H,29,33)(H,30,34)(H,35,36)(H4,23,24,26). The van der Waals surface area contributed by atoms with E-state index in [1.807, 2.05) is 0 Å². The van der Waals surface area contributed by atoms with Gasteiger partial charge in [-0.1, -0.05) is 0 Å². The van der Waals surface area contributed by atoms with Crippen LogP contribution in [-0.4, -0.2) is 87.1 Å². The van der Waals surface area contributed by atoms with E-state index >= 15 is 0 Å². The number of aliphatic carboxylic acids is 1. The quantitative estimate of drug-likeness (QED) is 0.0394. The maximum Gasteiger partial charge on any atom is 0.326 e. The van der Waals surface area contributed by atoms with E-state index in [0.29, 0.717) is 5.69 Å². The number of aliphatic imine (C=N–C) groups is 1. The van der Waals surface area contributed by atoms with Crippen molar-refractivity contribution in [2.75, 3.05) is 12.3 Å². The maximum atomic E-state index is 13.1. The number of imidazole rings is 1. The van der Waals surface area contributed by atoms with E-state index in [0.717, 1.165) is 0 Å². The number of nitrogens with two attached hydrogens (primary N) is 4. The summed E-state index contributed by atoms with van der Waals surface area (Å²) in [5.41, 5.74) is 21.9. The number of hydrogen-bond acceptors (Lipinski definition) is 9. The Kier molecular flexibility index (Phi) is 13.5. The number of H-pyrrole nitrogens is 1. The van der Waals surface area contributed by atoms with Crippen molar-refractivity contribution in [1.82, 2.24) is 25.9 Å². The second-order valence-corrected chi connectivity index (χ2v) is 8.41. The zero-order chi connectivity index (χ0) is 28.0. The lowest BCUT2D eigenvalue weighted by Gasteiger charge is -2.25. The summed E-state index contributed by atoms with van der Waals surface area (Å²) in [6.07, 6.45) is 2.53. The highest BCUT2D eigenvalue weighted by Gasteiger charge is 2.30. The molecule has 17 heteroatoms. The Bertz CT molecular complexity index is 953. The van der Waals surface area contributed by atoms with Crippen molar-refractivity contribution in [3.05, 3.63) is 18.2 Å². The van der Waals surface area contributed by atoms with E-state index in [1.165, 1.54) is 12.5 Å². The van der Waals surface area contributed by atoms with Crippen LogP contribution in [0.15, 0.2) is 17.5 Å². The summed E-state index contributed by atoms with van der Waals surface area (Å²) in [5, 5.41) is 16.8. The molecule has 0 radical (unpaired) electrons. The van der Waals surface area contributed by atoms with Crippen molar-refractivity contribution >= 4 is 48.2 Å². The van der Waals surface area contributed by atoms with Crippen molar-refractivity contribution < 1.29 is 29.1 Å². The topological polar surface area (TPSA) is 287 Å². The minimum absolute atomic E-state index is 0.0186. The van der Waals surface area contributed by atoms with Crippen LogP contribution in [0.1, 0.15) is 31.4 Å². The van der Waals surface area contributed by atoms with Gasteiger partial charge < -0.3 is 49.0 Å². The number of amides is 4. The van der Waals surface area contributed by atoms with Crippen LogP contribution in [0, 0.1) is 0 Å². The molecule has 206 valence electrons. The fourth-order valence-corrected chi connectivity index (χ4v) is 3.22. The highest BCUT2D eigenvalue weighted by atomic mass is 32.1. The number of guanidine groups is 1. The third-order valence-electron chi connectivity index (χ3n) is 5.02.